The van der Waals surface area contributed by atoms with Crippen LogP contribution in [0.25, 0.3) is 11.3 Å². The van der Waals surface area contributed by atoms with Crippen molar-refractivity contribution in [3.8, 4) is 11.6 Å². The van der Waals surface area contributed by atoms with Gasteiger partial charge >= 0.3 is 6.03 Å². The molecule has 0 spiro atoms. The number of benzene rings is 1. The third-order valence-corrected chi connectivity index (χ3v) is 6.78. The molecule has 2 heterocycles. The number of urea groups is 1. The summed E-state index contributed by atoms with van der Waals surface area (Å²) in [6.07, 6.45) is 8.08. The summed E-state index contributed by atoms with van der Waals surface area (Å²) in [6.45, 7) is 0.156. The highest BCUT2D eigenvalue weighted by Gasteiger charge is 2.21. The highest BCUT2D eigenvalue weighted by Crippen LogP contribution is 2.32. The van der Waals surface area contributed by atoms with Crippen LogP contribution in [-0.4, -0.2) is 42.9 Å². The van der Waals surface area contributed by atoms with Crippen LogP contribution in [0.15, 0.2) is 59.8 Å². The Morgan fingerprint density at radius 2 is 1.97 bits per heavy atom. The van der Waals surface area contributed by atoms with Gasteiger partial charge in [0.1, 0.15) is 0 Å². The van der Waals surface area contributed by atoms with Crippen LogP contribution < -0.4 is 14.8 Å². The van der Waals surface area contributed by atoms with Gasteiger partial charge in [-0.2, -0.15) is 5.10 Å². The molecular weight excluding hydrogens is 466 g/mol. The number of pyridine rings is 1. The Labute approximate surface area is 196 Å². The van der Waals surface area contributed by atoms with E-state index in [0.717, 1.165) is 41.8 Å². The lowest BCUT2D eigenvalue weighted by Gasteiger charge is -2.18. The zero-order chi connectivity index (χ0) is 23.4. The molecule has 0 saturated carbocycles. The molecule has 1 aliphatic carbocycles. The number of nitrogens with one attached hydrogen (secondary N) is 2. The van der Waals surface area contributed by atoms with E-state index in [1.54, 1.807) is 19.4 Å². The molecule has 0 bridgehead atoms. The van der Waals surface area contributed by atoms with Gasteiger partial charge in [-0.15, -0.1) is 0 Å². The van der Waals surface area contributed by atoms with E-state index in [-0.39, 0.29) is 11.4 Å². The van der Waals surface area contributed by atoms with Crippen molar-refractivity contribution in [3.63, 3.8) is 0 Å². The van der Waals surface area contributed by atoms with Crippen LogP contribution in [0.4, 0.5) is 4.79 Å². The summed E-state index contributed by atoms with van der Waals surface area (Å²) in [5.74, 6) is 0.513. The molecule has 2 N–H and O–H groups in total. The summed E-state index contributed by atoms with van der Waals surface area (Å²) in [7, 11) is -2.43. The number of aromatic nitrogens is 3. The third-order valence-electron chi connectivity index (χ3n) is 5.18. The molecule has 0 fully saturated rings. The number of aryl methyl sites for hydroxylation is 1. The molecular formula is C22H22ClN5O4S. The maximum Gasteiger partial charge on any atom is 0.328 e. The van der Waals surface area contributed by atoms with Gasteiger partial charge in [0.25, 0.3) is 10.0 Å². The fraction of sp³-hybridized carbons (Fsp3) is 0.227. The third kappa shape index (κ3) is 5.18. The van der Waals surface area contributed by atoms with Gasteiger partial charge in [0.05, 0.1) is 35.8 Å². The highest BCUT2D eigenvalue weighted by atomic mass is 35.5. The topological polar surface area (TPSA) is 115 Å². The predicted molar refractivity (Wildman–Crippen MR) is 124 cm³/mol. The lowest BCUT2D eigenvalue weighted by Crippen LogP contribution is -2.39. The van der Waals surface area contributed by atoms with Crippen molar-refractivity contribution in [3.05, 3.63) is 71.1 Å². The standard InChI is InChI=1S/C22H22ClN5O4S/c1-32-20-10-7-18(14-25-20)28-21-15(3-2-4-16(21)13-26-28)11-12-24-22(29)27-33(30,31)19-8-5-17(23)6-9-19/h5-11,13-14H,2-4,12H2,1H3,(H2,24,27,29)/b15-11+. The Balaban J connectivity index is 1.46. The molecule has 172 valence electrons. The lowest BCUT2D eigenvalue weighted by atomic mass is 9.92. The van der Waals surface area contributed by atoms with E-state index >= 15 is 0 Å². The first-order valence-electron chi connectivity index (χ1n) is 10.2. The number of methoxy groups -OCH3 is 1. The molecule has 0 aliphatic heterocycles. The van der Waals surface area contributed by atoms with Gasteiger partial charge in [-0.05, 0) is 60.7 Å². The van der Waals surface area contributed by atoms with Crippen LogP contribution in [0.2, 0.25) is 5.02 Å². The van der Waals surface area contributed by atoms with E-state index < -0.39 is 16.1 Å². The number of halogens is 1. The number of allylic oxidation sites excluding steroid dienone is 1. The molecule has 1 aromatic carbocycles. The smallest absolute Gasteiger partial charge is 0.328 e. The first-order chi connectivity index (χ1) is 15.9. The van der Waals surface area contributed by atoms with Crippen molar-refractivity contribution < 1.29 is 17.9 Å². The van der Waals surface area contributed by atoms with E-state index in [2.05, 4.69) is 15.4 Å². The number of hydrogen-bond donors (Lipinski definition) is 2. The zero-order valence-electron chi connectivity index (χ0n) is 17.8. The van der Waals surface area contributed by atoms with Crippen LogP contribution in [0.1, 0.15) is 24.1 Å². The molecule has 9 nitrogen and oxygen atoms in total. The molecule has 11 heteroatoms. The van der Waals surface area contributed by atoms with E-state index in [4.69, 9.17) is 16.3 Å². The van der Waals surface area contributed by atoms with E-state index in [1.807, 2.05) is 27.7 Å². The van der Waals surface area contributed by atoms with Crippen LogP contribution in [-0.2, 0) is 16.4 Å². The molecule has 0 atom stereocenters. The number of rotatable bonds is 6. The van der Waals surface area contributed by atoms with Crippen LogP contribution in [0.5, 0.6) is 5.88 Å². The van der Waals surface area contributed by atoms with Crippen LogP contribution in [0, 0.1) is 0 Å². The van der Waals surface area contributed by atoms with E-state index in [0.29, 0.717) is 10.9 Å². The number of nitrogens with zero attached hydrogens (tertiary/aromatic N) is 3. The lowest BCUT2D eigenvalue weighted by molar-refractivity contribution is 0.247. The predicted octanol–water partition coefficient (Wildman–Crippen LogP) is 3.34. The summed E-state index contributed by atoms with van der Waals surface area (Å²) >= 11 is 5.79. The molecule has 4 rings (SSSR count). The molecule has 33 heavy (non-hydrogen) atoms. The second-order valence-electron chi connectivity index (χ2n) is 7.34. The summed E-state index contributed by atoms with van der Waals surface area (Å²) in [5, 5.41) is 7.49. The van der Waals surface area contributed by atoms with Gasteiger partial charge in [0.2, 0.25) is 5.88 Å². The van der Waals surface area contributed by atoms with Crippen molar-refractivity contribution in [2.75, 3.05) is 13.7 Å². The van der Waals surface area contributed by atoms with Crippen molar-refractivity contribution in [1.29, 1.82) is 0 Å². The van der Waals surface area contributed by atoms with Gasteiger partial charge < -0.3 is 10.1 Å². The SMILES string of the molecule is COc1ccc(-n2ncc3c2/C(=C/CNC(=O)NS(=O)(=O)c2ccc(Cl)cc2)CCC3)cn1. The molecule has 0 saturated heterocycles. The second-order valence-corrected chi connectivity index (χ2v) is 9.46. The number of carbonyl (C=O) groups is 1. The molecule has 0 radical (unpaired) electrons. The van der Waals surface area contributed by atoms with Crippen molar-refractivity contribution in [2.45, 2.75) is 24.2 Å². The quantitative estimate of drug-likeness (QED) is 0.551. The minimum Gasteiger partial charge on any atom is -0.481 e. The maximum absolute atomic E-state index is 12.3. The number of carbonyl (C=O) groups excluding carboxylic acids is 1. The maximum atomic E-state index is 12.3. The van der Waals surface area contributed by atoms with E-state index in [1.165, 1.54) is 24.3 Å². The number of amides is 2. The fourth-order valence-corrected chi connectivity index (χ4v) is 4.66. The molecule has 3 aromatic rings. The number of hydrogen-bond acceptors (Lipinski definition) is 6. The Kier molecular flexibility index (Phi) is 6.66. The first kappa shape index (κ1) is 22.8. The average Bonchev–Trinajstić information content (AvgIpc) is 3.24. The summed E-state index contributed by atoms with van der Waals surface area (Å²) in [6, 6.07) is 8.38. The number of fused-ring (bicyclic) bond motifs is 1. The Morgan fingerprint density at radius 1 is 1.18 bits per heavy atom. The van der Waals surface area contributed by atoms with Gasteiger partial charge in [0.15, 0.2) is 0 Å². The number of ether oxygens (including phenoxy) is 1. The Bertz CT molecular complexity index is 1290. The van der Waals surface area contributed by atoms with Gasteiger partial charge in [-0.1, -0.05) is 17.7 Å². The van der Waals surface area contributed by atoms with Crippen LogP contribution in [0.3, 0.4) is 0 Å². The van der Waals surface area contributed by atoms with Crippen molar-refractivity contribution in [2.24, 2.45) is 0 Å². The fourth-order valence-electron chi connectivity index (χ4n) is 3.61. The molecule has 2 amide bonds. The van der Waals surface area contributed by atoms with Crippen molar-refractivity contribution >= 4 is 33.2 Å². The Morgan fingerprint density at radius 3 is 2.67 bits per heavy atom. The molecule has 1 aliphatic rings. The van der Waals surface area contributed by atoms with E-state index in [9.17, 15) is 13.2 Å². The van der Waals surface area contributed by atoms with Crippen molar-refractivity contribution in [1.82, 2.24) is 24.8 Å². The zero-order valence-corrected chi connectivity index (χ0v) is 19.4. The summed E-state index contributed by atoms with van der Waals surface area (Å²) in [5.41, 5.74) is 3.89. The number of sulfonamides is 1. The van der Waals surface area contributed by atoms with Gasteiger partial charge in [0, 0.05) is 17.6 Å². The molecule has 0 unspecified atom stereocenters. The minimum absolute atomic E-state index is 0.0469. The average molecular weight is 488 g/mol. The highest BCUT2D eigenvalue weighted by molar-refractivity contribution is 7.90. The molecule has 2 aromatic heterocycles. The monoisotopic (exact) mass is 487 g/mol. The minimum atomic E-state index is -3.99. The first-order valence-corrected chi connectivity index (χ1v) is 12.1. The summed E-state index contributed by atoms with van der Waals surface area (Å²) < 4.78 is 33.6. The van der Waals surface area contributed by atoms with Gasteiger partial charge in [-0.3, -0.25) is 0 Å². The van der Waals surface area contributed by atoms with Gasteiger partial charge in [-0.25, -0.2) is 27.6 Å². The largest absolute Gasteiger partial charge is 0.481 e. The van der Waals surface area contributed by atoms with Crippen LogP contribution >= 0.6 is 11.6 Å². The Hall–Kier alpha value is -3.37. The summed E-state index contributed by atoms with van der Waals surface area (Å²) in [4.78, 5) is 16.4. The normalized spacial score (nSPS) is 14.5. The second kappa shape index (κ2) is 9.63.